The van der Waals surface area contributed by atoms with Gasteiger partial charge < -0.3 is 16.0 Å². The maximum absolute atomic E-state index is 12.3. The van der Waals surface area contributed by atoms with Crippen LogP contribution in [0.3, 0.4) is 0 Å². The van der Waals surface area contributed by atoms with E-state index in [0.29, 0.717) is 4.88 Å². The van der Waals surface area contributed by atoms with Crippen molar-refractivity contribution in [1.82, 2.24) is 4.98 Å². The number of anilines is 3. The summed E-state index contributed by atoms with van der Waals surface area (Å²) in [5.74, 6) is 0.0316. The van der Waals surface area contributed by atoms with Gasteiger partial charge in [0, 0.05) is 23.8 Å². The molecule has 112 valence electrons. The molecule has 1 amide bonds. The Kier molecular flexibility index (Phi) is 4.84. The Morgan fingerprint density at radius 1 is 1.52 bits per heavy atom. The van der Waals surface area contributed by atoms with Crippen LogP contribution in [0.5, 0.6) is 0 Å². The van der Waals surface area contributed by atoms with Crippen LogP contribution in [0.2, 0.25) is 0 Å². The van der Waals surface area contributed by atoms with Crippen molar-refractivity contribution >= 4 is 49.8 Å². The highest BCUT2D eigenvalue weighted by Gasteiger charge is 2.18. The first-order valence-corrected chi connectivity index (χ1v) is 8.08. The summed E-state index contributed by atoms with van der Waals surface area (Å²) in [6.07, 6.45) is 0. The molecule has 1 aromatic heterocycles. The van der Waals surface area contributed by atoms with Gasteiger partial charge in [0.25, 0.3) is 5.91 Å². The number of halogens is 1. The fraction of sp³-hybridized carbons (Fsp3) is 0.286. The highest BCUT2D eigenvalue weighted by atomic mass is 79.9. The second-order valence-electron chi connectivity index (χ2n) is 4.64. The summed E-state index contributed by atoms with van der Waals surface area (Å²) >= 11 is 4.73. The number of aromatic nitrogens is 1. The monoisotopic (exact) mass is 368 g/mol. The number of thiazole rings is 1. The Labute approximate surface area is 136 Å². The van der Waals surface area contributed by atoms with E-state index < -0.39 is 0 Å². The van der Waals surface area contributed by atoms with Crippen molar-refractivity contribution in [3.8, 4) is 0 Å². The van der Waals surface area contributed by atoms with E-state index in [4.69, 9.17) is 5.73 Å². The molecule has 21 heavy (non-hydrogen) atoms. The molecule has 2 aromatic rings. The van der Waals surface area contributed by atoms with Crippen LogP contribution < -0.4 is 16.0 Å². The zero-order valence-electron chi connectivity index (χ0n) is 12.1. The molecule has 0 aliphatic rings. The molecular weight excluding hydrogens is 352 g/mol. The standard InChI is InChI=1S/C14H17BrN4OS/c1-4-19(3)14-18-12(16)11(21-14)13(20)17-9-5-6-10(15)8(2)7-9/h5-7H,4,16H2,1-3H3,(H,17,20). The Hall–Kier alpha value is -1.60. The zero-order valence-corrected chi connectivity index (χ0v) is 14.5. The minimum atomic E-state index is -0.234. The molecule has 0 fully saturated rings. The van der Waals surface area contributed by atoms with Gasteiger partial charge in [-0.2, -0.15) is 0 Å². The van der Waals surface area contributed by atoms with Crippen LogP contribution in [-0.2, 0) is 0 Å². The predicted molar refractivity (Wildman–Crippen MR) is 92.3 cm³/mol. The van der Waals surface area contributed by atoms with Crippen LogP contribution in [0.4, 0.5) is 16.6 Å². The molecule has 0 atom stereocenters. The molecule has 7 heteroatoms. The summed E-state index contributed by atoms with van der Waals surface area (Å²) in [4.78, 5) is 18.9. The van der Waals surface area contributed by atoms with E-state index in [1.807, 2.05) is 44.0 Å². The number of hydrogen-bond donors (Lipinski definition) is 2. The van der Waals surface area contributed by atoms with Gasteiger partial charge in [-0.3, -0.25) is 4.79 Å². The Morgan fingerprint density at radius 3 is 2.86 bits per heavy atom. The van der Waals surface area contributed by atoms with Crippen LogP contribution in [0.25, 0.3) is 0 Å². The minimum Gasteiger partial charge on any atom is -0.382 e. The van der Waals surface area contributed by atoms with Crippen molar-refractivity contribution in [3.63, 3.8) is 0 Å². The van der Waals surface area contributed by atoms with Gasteiger partial charge in [-0.25, -0.2) is 4.98 Å². The molecular formula is C14H17BrN4OS. The van der Waals surface area contributed by atoms with E-state index in [2.05, 4.69) is 26.2 Å². The fourth-order valence-electron chi connectivity index (χ4n) is 1.69. The van der Waals surface area contributed by atoms with E-state index in [9.17, 15) is 4.79 Å². The number of nitrogen functional groups attached to an aromatic ring is 1. The van der Waals surface area contributed by atoms with Gasteiger partial charge in [0.15, 0.2) is 5.13 Å². The highest BCUT2D eigenvalue weighted by Crippen LogP contribution is 2.28. The van der Waals surface area contributed by atoms with Gasteiger partial charge in [0.05, 0.1) is 0 Å². The third-order valence-electron chi connectivity index (χ3n) is 3.07. The van der Waals surface area contributed by atoms with Gasteiger partial charge in [-0.05, 0) is 37.6 Å². The topological polar surface area (TPSA) is 71.2 Å². The summed E-state index contributed by atoms with van der Waals surface area (Å²) in [6.45, 7) is 4.79. The van der Waals surface area contributed by atoms with Gasteiger partial charge in [-0.15, -0.1) is 0 Å². The number of carbonyl (C=O) groups is 1. The van der Waals surface area contributed by atoms with Crippen molar-refractivity contribution in [2.45, 2.75) is 13.8 Å². The molecule has 5 nitrogen and oxygen atoms in total. The molecule has 0 aliphatic heterocycles. The van der Waals surface area contributed by atoms with E-state index in [1.165, 1.54) is 11.3 Å². The SMILES string of the molecule is CCN(C)c1nc(N)c(C(=O)Nc2ccc(Br)c(C)c2)s1. The number of aryl methyl sites for hydroxylation is 1. The quantitative estimate of drug-likeness (QED) is 0.865. The van der Waals surface area contributed by atoms with Crippen LogP contribution in [0, 0.1) is 6.92 Å². The van der Waals surface area contributed by atoms with Gasteiger partial charge in [0.2, 0.25) is 0 Å². The van der Waals surface area contributed by atoms with Crippen molar-refractivity contribution in [2.24, 2.45) is 0 Å². The van der Waals surface area contributed by atoms with Gasteiger partial charge in [0.1, 0.15) is 10.7 Å². The Bertz CT molecular complexity index is 671. The molecule has 0 saturated carbocycles. The summed E-state index contributed by atoms with van der Waals surface area (Å²) in [5, 5.41) is 3.59. The lowest BCUT2D eigenvalue weighted by Gasteiger charge is -2.10. The normalized spacial score (nSPS) is 10.5. The average molecular weight is 369 g/mol. The highest BCUT2D eigenvalue weighted by molar-refractivity contribution is 9.10. The van der Waals surface area contributed by atoms with Crippen LogP contribution in [0.15, 0.2) is 22.7 Å². The van der Waals surface area contributed by atoms with Crippen molar-refractivity contribution in [1.29, 1.82) is 0 Å². The first-order valence-electron chi connectivity index (χ1n) is 6.47. The number of amides is 1. The summed E-state index contributed by atoms with van der Waals surface area (Å²) in [5.41, 5.74) is 7.63. The molecule has 1 heterocycles. The molecule has 0 aliphatic carbocycles. The first kappa shape index (κ1) is 15.8. The van der Waals surface area contributed by atoms with Crippen LogP contribution in [0.1, 0.15) is 22.2 Å². The maximum atomic E-state index is 12.3. The smallest absolute Gasteiger partial charge is 0.269 e. The number of hydrogen-bond acceptors (Lipinski definition) is 5. The Balaban J connectivity index is 2.20. The molecule has 0 radical (unpaired) electrons. The van der Waals surface area contributed by atoms with E-state index in [-0.39, 0.29) is 11.7 Å². The number of benzene rings is 1. The van der Waals surface area contributed by atoms with Crippen LogP contribution >= 0.6 is 27.3 Å². The molecule has 2 rings (SSSR count). The number of rotatable bonds is 4. The number of nitrogens with two attached hydrogens (primary N) is 1. The maximum Gasteiger partial charge on any atom is 0.269 e. The van der Waals surface area contributed by atoms with Crippen molar-refractivity contribution in [2.75, 3.05) is 29.5 Å². The van der Waals surface area contributed by atoms with E-state index >= 15 is 0 Å². The molecule has 0 saturated heterocycles. The molecule has 1 aromatic carbocycles. The molecule has 3 N–H and O–H groups in total. The lowest BCUT2D eigenvalue weighted by Crippen LogP contribution is -2.15. The largest absolute Gasteiger partial charge is 0.382 e. The zero-order chi connectivity index (χ0) is 15.6. The van der Waals surface area contributed by atoms with Crippen molar-refractivity contribution in [3.05, 3.63) is 33.1 Å². The van der Waals surface area contributed by atoms with Crippen molar-refractivity contribution < 1.29 is 4.79 Å². The van der Waals surface area contributed by atoms with E-state index in [1.54, 1.807) is 0 Å². The number of carbonyl (C=O) groups excluding carboxylic acids is 1. The number of nitrogens with one attached hydrogen (secondary N) is 1. The lowest BCUT2D eigenvalue weighted by atomic mass is 10.2. The Morgan fingerprint density at radius 2 is 2.24 bits per heavy atom. The lowest BCUT2D eigenvalue weighted by molar-refractivity contribution is 0.103. The second-order valence-corrected chi connectivity index (χ2v) is 6.47. The number of nitrogens with zero attached hydrogens (tertiary/aromatic N) is 2. The molecule has 0 bridgehead atoms. The average Bonchev–Trinajstić information content (AvgIpc) is 2.84. The minimum absolute atomic E-state index is 0.234. The molecule has 0 unspecified atom stereocenters. The summed E-state index contributed by atoms with van der Waals surface area (Å²) in [7, 11) is 1.91. The summed E-state index contributed by atoms with van der Waals surface area (Å²) in [6, 6.07) is 5.64. The predicted octanol–water partition coefficient (Wildman–Crippen LogP) is 3.50. The molecule has 0 spiro atoms. The van der Waals surface area contributed by atoms with Gasteiger partial charge in [-0.1, -0.05) is 27.3 Å². The van der Waals surface area contributed by atoms with Gasteiger partial charge >= 0.3 is 0 Å². The second kappa shape index (κ2) is 6.44. The third-order valence-corrected chi connectivity index (χ3v) is 5.14. The van der Waals surface area contributed by atoms with E-state index in [0.717, 1.165) is 27.4 Å². The summed E-state index contributed by atoms with van der Waals surface area (Å²) < 4.78 is 1.00. The first-order chi connectivity index (χ1) is 9.92. The third kappa shape index (κ3) is 3.54. The fourth-order valence-corrected chi connectivity index (χ4v) is 2.84. The van der Waals surface area contributed by atoms with Crippen LogP contribution in [-0.4, -0.2) is 24.5 Å².